The number of ether oxygens (including phenoxy) is 4. The van der Waals surface area contributed by atoms with Gasteiger partial charge in [-0.25, -0.2) is 0 Å². The molecule has 0 aliphatic carbocycles. The molecule has 0 spiro atoms. The molecule has 0 amide bonds. The first-order chi connectivity index (χ1) is 20.0. The average Bonchev–Trinajstić information content (AvgIpc) is 3.02. The number of hydrogen-bond acceptors (Lipinski definition) is 7. The van der Waals surface area contributed by atoms with Gasteiger partial charge in [0.25, 0.3) is 0 Å². The Balaban J connectivity index is 1.45. The van der Waals surface area contributed by atoms with Gasteiger partial charge in [0.1, 0.15) is 13.2 Å². The van der Waals surface area contributed by atoms with Crippen LogP contribution in [-0.4, -0.2) is 48.4 Å². The summed E-state index contributed by atoms with van der Waals surface area (Å²) >= 11 is 0. The number of methoxy groups -OCH3 is 2. The Hall–Kier alpha value is -4.04. The van der Waals surface area contributed by atoms with Crippen molar-refractivity contribution in [2.24, 2.45) is 5.92 Å². The molecule has 216 valence electrons. The lowest BCUT2D eigenvalue weighted by Gasteiger charge is -2.34. The Labute approximate surface area is 241 Å². The van der Waals surface area contributed by atoms with Crippen molar-refractivity contribution < 1.29 is 34.3 Å². The number of hydrogen-bond donors (Lipinski definition) is 3. The molecule has 0 bridgehead atoms. The molecule has 0 heterocycles. The van der Waals surface area contributed by atoms with Crippen molar-refractivity contribution in [1.82, 2.24) is 0 Å². The molecular weight excluding hydrogens is 520 g/mol. The van der Waals surface area contributed by atoms with E-state index in [4.69, 9.17) is 18.9 Å². The summed E-state index contributed by atoms with van der Waals surface area (Å²) in [6.45, 7) is -0.0495. The molecule has 41 heavy (non-hydrogen) atoms. The van der Waals surface area contributed by atoms with Crippen LogP contribution in [0.3, 0.4) is 0 Å². The fraction of sp³-hybridized carbons (Fsp3) is 0.294. The summed E-state index contributed by atoms with van der Waals surface area (Å²) in [7, 11) is 3.13. The minimum atomic E-state index is -1.58. The molecule has 0 unspecified atom stereocenters. The van der Waals surface area contributed by atoms with Crippen molar-refractivity contribution in [3.63, 3.8) is 0 Å². The van der Waals surface area contributed by atoms with Gasteiger partial charge in [0.05, 0.1) is 26.4 Å². The molecule has 0 saturated carbocycles. The molecular formula is C34H38O7. The summed E-state index contributed by atoms with van der Waals surface area (Å²) in [5.41, 5.74) is 2.07. The van der Waals surface area contributed by atoms with E-state index in [2.05, 4.69) is 0 Å². The topological polar surface area (TPSA) is 97.6 Å². The average molecular weight is 559 g/mol. The maximum Gasteiger partial charge on any atom is 0.161 e. The minimum absolute atomic E-state index is 0.111. The second kappa shape index (κ2) is 14.6. The molecule has 0 saturated heterocycles. The van der Waals surface area contributed by atoms with Gasteiger partial charge in [0, 0.05) is 18.9 Å². The Bertz CT molecular complexity index is 1360. The third-order valence-electron chi connectivity index (χ3n) is 7.18. The predicted molar refractivity (Wildman–Crippen MR) is 158 cm³/mol. The molecule has 0 aromatic heterocycles. The first-order valence-corrected chi connectivity index (χ1v) is 13.6. The molecule has 4 aromatic rings. The van der Waals surface area contributed by atoms with E-state index in [0.29, 0.717) is 42.6 Å². The quantitative estimate of drug-likeness (QED) is 0.189. The van der Waals surface area contributed by atoms with Crippen LogP contribution in [0.4, 0.5) is 0 Å². The van der Waals surface area contributed by atoms with E-state index >= 15 is 0 Å². The molecule has 7 heteroatoms. The lowest BCUT2D eigenvalue weighted by Crippen LogP contribution is -2.46. The molecule has 4 aromatic carbocycles. The van der Waals surface area contributed by atoms with E-state index in [-0.39, 0.29) is 13.0 Å². The van der Waals surface area contributed by atoms with Crippen LogP contribution in [0.2, 0.25) is 0 Å². The Morgan fingerprint density at radius 2 is 1.10 bits per heavy atom. The number of aliphatic hydroxyl groups excluding tert-OH is 2. The highest BCUT2D eigenvalue weighted by Crippen LogP contribution is 2.34. The first kappa shape index (κ1) is 29.9. The summed E-state index contributed by atoms with van der Waals surface area (Å²) in [6.07, 6.45) is 0.428. The zero-order chi connectivity index (χ0) is 29.1. The van der Waals surface area contributed by atoms with E-state index in [1.807, 2.05) is 84.9 Å². The summed E-state index contributed by atoms with van der Waals surface area (Å²) in [5.74, 6) is 1.61. The zero-order valence-electron chi connectivity index (χ0n) is 23.5. The summed E-state index contributed by atoms with van der Waals surface area (Å²) in [4.78, 5) is 0. The van der Waals surface area contributed by atoms with Gasteiger partial charge < -0.3 is 34.3 Å². The predicted octanol–water partition coefficient (Wildman–Crippen LogP) is 4.98. The third kappa shape index (κ3) is 8.01. The molecule has 4 rings (SSSR count). The van der Waals surface area contributed by atoms with Crippen molar-refractivity contribution in [2.75, 3.05) is 27.4 Å². The van der Waals surface area contributed by atoms with Gasteiger partial charge in [0.15, 0.2) is 23.0 Å². The molecule has 0 radical (unpaired) electrons. The normalized spacial score (nSPS) is 13.2. The minimum Gasteiger partial charge on any atom is -0.493 e. The van der Waals surface area contributed by atoms with Gasteiger partial charge in [-0.15, -0.1) is 0 Å². The molecule has 0 aliphatic rings. The second-order valence-corrected chi connectivity index (χ2v) is 10.0. The fourth-order valence-electron chi connectivity index (χ4n) is 4.76. The van der Waals surface area contributed by atoms with E-state index in [9.17, 15) is 15.3 Å². The fourth-order valence-corrected chi connectivity index (χ4v) is 4.76. The van der Waals surface area contributed by atoms with E-state index in [0.717, 1.165) is 22.3 Å². The monoisotopic (exact) mass is 558 g/mol. The van der Waals surface area contributed by atoms with Gasteiger partial charge in [-0.1, -0.05) is 72.8 Å². The van der Waals surface area contributed by atoms with Gasteiger partial charge in [-0.3, -0.25) is 0 Å². The standard InChI is InChI=1S/C34H38O7/c1-38-32-18-27(13-15-30(32)40-22-25-9-5-3-6-10-25)17-29(21-35)34(37,24-36)20-28-14-16-31(33(19-28)39-2)41-23-26-11-7-4-8-12-26/h3-16,18-19,29,35-37H,17,20-24H2,1-2H3/t29-,34+/m0/s1. The van der Waals surface area contributed by atoms with Gasteiger partial charge in [-0.05, 0) is 52.9 Å². The van der Waals surface area contributed by atoms with Gasteiger partial charge in [-0.2, -0.15) is 0 Å². The van der Waals surface area contributed by atoms with Crippen LogP contribution in [-0.2, 0) is 26.1 Å². The summed E-state index contributed by atoms with van der Waals surface area (Å²) < 4.78 is 23.0. The van der Waals surface area contributed by atoms with E-state index in [1.165, 1.54) is 0 Å². The third-order valence-corrected chi connectivity index (χ3v) is 7.18. The van der Waals surface area contributed by atoms with Gasteiger partial charge >= 0.3 is 0 Å². The lowest BCUT2D eigenvalue weighted by molar-refractivity contribution is -0.0764. The van der Waals surface area contributed by atoms with Crippen molar-refractivity contribution in [3.8, 4) is 23.0 Å². The van der Waals surface area contributed by atoms with Gasteiger partial charge in [0.2, 0.25) is 0 Å². The Kier molecular flexibility index (Phi) is 10.6. The molecule has 0 aliphatic heterocycles. The maximum absolute atomic E-state index is 11.5. The van der Waals surface area contributed by atoms with Crippen LogP contribution >= 0.6 is 0 Å². The summed E-state index contributed by atoms with van der Waals surface area (Å²) in [5, 5.41) is 32.1. The lowest BCUT2D eigenvalue weighted by atomic mass is 9.79. The van der Waals surface area contributed by atoms with Crippen molar-refractivity contribution in [1.29, 1.82) is 0 Å². The number of benzene rings is 4. The zero-order valence-corrected chi connectivity index (χ0v) is 23.5. The highest BCUT2D eigenvalue weighted by molar-refractivity contribution is 5.45. The molecule has 3 N–H and O–H groups in total. The smallest absolute Gasteiger partial charge is 0.161 e. The van der Waals surface area contributed by atoms with E-state index < -0.39 is 18.1 Å². The molecule has 2 atom stereocenters. The van der Waals surface area contributed by atoms with Crippen LogP contribution < -0.4 is 18.9 Å². The van der Waals surface area contributed by atoms with Crippen LogP contribution in [0.5, 0.6) is 23.0 Å². The van der Waals surface area contributed by atoms with Crippen molar-refractivity contribution in [3.05, 3.63) is 119 Å². The number of rotatable bonds is 15. The summed E-state index contributed by atoms with van der Waals surface area (Å²) in [6, 6.07) is 30.6. The van der Waals surface area contributed by atoms with Crippen LogP contribution in [0.15, 0.2) is 97.1 Å². The highest BCUT2D eigenvalue weighted by Gasteiger charge is 2.36. The maximum atomic E-state index is 11.5. The SMILES string of the molecule is COc1cc(C[C@@H](CO)[C@](O)(CO)Cc2ccc(OCc3ccccc3)c(OC)c2)ccc1OCc1ccccc1. The second-order valence-electron chi connectivity index (χ2n) is 10.0. The van der Waals surface area contributed by atoms with Crippen molar-refractivity contribution in [2.45, 2.75) is 31.7 Å². The van der Waals surface area contributed by atoms with Crippen LogP contribution in [0.1, 0.15) is 22.3 Å². The number of aliphatic hydroxyl groups is 3. The van der Waals surface area contributed by atoms with E-state index in [1.54, 1.807) is 26.4 Å². The molecule has 7 nitrogen and oxygen atoms in total. The Morgan fingerprint density at radius 1 is 0.610 bits per heavy atom. The first-order valence-electron chi connectivity index (χ1n) is 13.6. The van der Waals surface area contributed by atoms with Crippen LogP contribution in [0.25, 0.3) is 0 Å². The highest BCUT2D eigenvalue weighted by atomic mass is 16.5. The Morgan fingerprint density at radius 3 is 1.56 bits per heavy atom. The van der Waals surface area contributed by atoms with Crippen molar-refractivity contribution >= 4 is 0 Å². The van der Waals surface area contributed by atoms with Crippen LogP contribution in [0, 0.1) is 5.92 Å². The largest absolute Gasteiger partial charge is 0.493 e. The molecule has 0 fully saturated rings.